The molecule has 0 atom stereocenters. The minimum Gasteiger partial charge on any atom is -0.349 e. The van der Waals surface area contributed by atoms with Gasteiger partial charge in [-0.3, -0.25) is 0 Å². The van der Waals surface area contributed by atoms with Gasteiger partial charge in [0, 0.05) is 24.4 Å². The average molecular weight is 176 g/mol. The SMILES string of the molecule is Cc1ccc(C)n1CCCCC#N. The predicted octanol–water partition coefficient (Wildman–Crippen LogP) is 2.80. The van der Waals surface area contributed by atoms with Gasteiger partial charge in [0.15, 0.2) is 0 Å². The summed E-state index contributed by atoms with van der Waals surface area (Å²) in [5.41, 5.74) is 2.63. The van der Waals surface area contributed by atoms with Crippen LogP contribution >= 0.6 is 0 Å². The van der Waals surface area contributed by atoms with E-state index in [9.17, 15) is 0 Å². The smallest absolute Gasteiger partial charge is 0.0621 e. The van der Waals surface area contributed by atoms with E-state index >= 15 is 0 Å². The van der Waals surface area contributed by atoms with Crippen molar-refractivity contribution in [1.29, 1.82) is 5.26 Å². The Kier molecular flexibility index (Phi) is 3.57. The summed E-state index contributed by atoms with van der Waals surface area (Å²) in [5.74, 6) is 0. The van der Waals surface area contributed by atoms with Crippen LogP contribution in [0.5, 0.6) is 0 Å². The summed E-state index contributed by atoms with van der Waals surface area (Å²) in [4.78, 5) is 0. The van der Waals surface area contributed by atoms with E-state index in [0.29, 0.717) is 6.42 Å². The Labute approximate surface area is 79.8 Å². The van der Waals surface area contributed by atoms with E-state index in [1.807, 2.05) is 0 Å². The molecule has 2 heteroatoms. The Morgan fingerprint density at radius 3 is 2.38 bits per heavy atom. The monoisotopic (exact) mass is 176 g/mol. The molecule has 0 N–H and O–H groups in total. The van der Waals surface area contributed by atoms with Crippen molar-refractivity contribution in [3.63, 3.8) is 0 Å². The maximum atomic E-state index is 8.38. The van der Waals surface area contributed by atoms with E-state index in [0.717, 1.165) is 19.4 Å². The molecule has 0 unspecified atom stereocenters. The Balaban J connectivity index is 2.41. The molecular weight excluding hydrogens is 160 g/mol. The summed E-state index contributed by atoms with van der Waals surface area (Å²) < 4.78 is 2.30. The number of unbranched alkanes of at least 4 members (excludes halogenated alkanes) is 2. The Bertz CT molecular complexity index is 285. The third-order valence-electron chi connectivity index (χ3n) is 2.34. The molecule has 70 valence electrons. The molecular formula is C11H16N2. The van der Waals surface area contributed by atoms with Gasteiger partial charge in [0.1, 0.15) is 0 Å². The highest BCUT2D eigenvalue weighted by atomic mass is 15.0. The molecule has 2 nitrogen and oxygen atoms in total. The first-order chi connectivity index (χ1) is 6.25. The van der Waals surface area contributed by atoms with Gasteiger partial charge in [-0.05, 0) is 38.8 Å². The first-order valence-electron chi connectivity index (χ1n) is 4.75. The second-order valence-electron chi connectivity index (χ2n) is 3.38. The maximum absolute atomic E-state index is 8.38. The molecule has 1 heterocycles. The van der Waals surface area contributed by atoms with Crippen molar-refractivity contribution in [2.45, 2.75) is 39.7 Å². The fourth-order valence-corrected chi connectivity index (χ4v) is 1.53. The molecule has 0 aliphatic heterocycles. The second-order valence-corrected chi connectivity index (χ2v) is 3.38. The summed E-state index contributed by atoms with van der Waals surface area (Å²) >= 11 is 0. The minimum absolute atomic E-state index is 0.680. The lowest BCUT2D eigenvalue weighted by molar-refractivity contribution is 0.596. The standard InChI is InChI=1S/C11H16N2/c1-10-6-7-11(2)13(10)9-5-3-4-8-12/h6-7H,3-5,9H2,1-2H3. The van der Waals surface area contributed by atoms with Gasteiger partial charge in [-0.1, -0.05) is 0 Å². The fourth-order valence-electron chi connectivity index (χ4n) is 1.53. The molecule has 0 aliphatic rings. The summed E-state index contributed by atoms with van der Waals surface area (Å²) in [7, 11) is 0. The van der Waals surface area contributed by atoms with Gasteiger partial charge >= 0.3 is 0 Å². The third-order valence-corrected chi connectivity index (χ3v) is 2.34. The van der Waals surface area contributed by atoms with E-state index < -0.39 is 0 Å². The zero-order chi connectivity index (χ0) is 9.68. The zero-order valence-corrected chi connectivity index (χ0v) is 8.38. The van der Waals surface area contributed by atoms with Crippen molar-refractivity contribution in [2.75, 3.05) is 0 Å². The first-order valence-corrected chi connectivity index (χ1v) is 4.75. The average Bonchev–Trinajstić information content (AvgIpc) is 2.42. The van der Waals surface area contributed by atoms with Crippen LogP contribution in [0.3, 0.4) is 0 Å². The van der Waals surface area contributed by atoms with Crippen molar-refractivity contribution in [3.8, 4) is 6.07 Å². The van der Waals surface area contributed by atoms with Crippen molar-refractivity contribution in [1.82, 2.24) is 4.57 Å². The predicted molar refractivity (Wildman–Crippen MR) is 53.4 cm³/mol. The lowest BCUT2D eigenvalue weighted by Gasteiger charge is -2.07. The molecule has 0 radical (unpaired) electrons. The minimum atomic E-state index is 0.680. The molecule has 0 saturated carbocycles. The maximum Gasteiger partial charge on any atom is 0.0621 e. The highest BCUT2D eigenvalue weighted by molar-refractivity contribution is 5.13. The molecule has 0 saturated heterocycles. The van der Waals surface area contributed by atoms with Crippen molar-refractivity contribution in [2.24, 2.45) is 0 Å². The van der Waals surface area contributed by atoms with Gasteiger partial charge in [-0.25, -0.2) is 0 Å². The number of aromatic nitrogens is 1. The quantitative estimate of drug-likeness (QED) is 0.648. The summed E-state index contributed by atoms with van der Waals surface area (Å²) in [5, 5.41) is 8.38. The van der Waals surface area contributed by atoms with Gasteiger partial charge in [-0.2, -0.15) is 5.26 Å². The molecule has 0 spiro atoms. The van der Waals surface area contributed by atoms with Crippen LogP contribution in [0.4, 0.5) is 0 Å². The number of hydrogen-bond donors (Lipinski definition) is 0. The highest BCUT2D eigenvalue weighted by Gasteiger charge is 1.99. The Morgan fingerprint density at radius 1 is 1.23 bits per heavy atom. The number of aryl methyl sites for hydroxylation is 2. The zero-order valence-electron chi connectivity index (χ0n) is 8.38. The lowest BCUT2D eigenvalue weighted by Crippen LogP contribution is -2.01. The van der Waals surface area contributed by atoms with E-state index in [-0.39, 0.29) is 0 Å². The van der Waals surface area contributed by atoms with E-state index in [1.54, 1.807) is 0 Å². The van der Waals surface area contributed by atoms with Crippen LogP contribution in [0, 0.1) is 25.2 Å². The molecule has 0 amide bonds. The van der Waals surface area contributed by atoms with Crippen LogP contribution in [0.2, 0.25) is 0 Å². The lowest BCUT2D eigenvalue weighted by atomic mass is 10.2. The normalized spacial score (nSPS) is 9.92. The molecule has 0 fully saturated rings. The second kappa shape index (κ2) is 4.71. The van der Waals surface area contributed by atoms with Crippen LogP contribution in [-0.2, 0) is 6.54 Å². The molecule has 13 heavy (non-hydrogen) atoms. The fraction of sp³-hybridized carbons (Fsp3) is 0.545. The number of nitriles is 1. The van der Waals surface area contributed by atoms with Crippen molar-refractivity contribution < 1.29 is 0 Å². The Morgan fingerprint density at radius 2 is 1.85 bits per heavy atom. The molecule has 0 aliphatic carbocycles. The highest BCUT2D eigenvalue weighted by Crippen LogP contribution is 2.09. The summed E-state index contributed by atoms with van der Waals surface area (Å²) in [6, 6.07) is 6.44. The van der Waals surface area contributed by atoms with E-state index in [4.69, 9.17) is 5.26 Å². The number of nitrogens with zero attached hydrogens (tertiary/aromatic N) is 2. The van der Waals surface area contributed by atoms with Gasteiger partial charge < -0.3 is 4.57 Å². The van der Waals surface area contributed by atoms with E-state index in [1.165, 1.54) is 11.4 Å². The van der Waals surface area contributed by atoms with E-state index in [2.05, 4.69) is 36.6 Å². The Hall–Kier alpha value is -1.23. The molecule has 1 aromatic heterocycles. The third kappa shape index (κ3) is 2.62. The summed E-state index contributed by atoms with van der Waals surface area (Å²) in [6.07, 6.45) is 2.79. The number of hydrogen-bond acceptors (Lipinski definition) is 1. The van der Waals surface area contributed by atoms with Gasteiger partial charge in [0.25, 0.3) is 0 Å². The van der Waals surface area contributed by atoms with Crippen molar-refractivity contribution >= 4 is 0 Å². The number of rotatable bonds is 4. The van der Waals surface area contributed by atoms with Crippen LogP contribution in [0.25, 0.3) is 0 Å². The topological polar surface area (TPSA) is 28.7 Å². The van der Waals surface area contributed by atoms with Gasteiger partial charge in [0.05, 0.1) is 6.07 Å². The molecule has 0 aromatic carbocycles. The van der Waals surface area contributed by atoms with Crippen LogP contribution in [0.15, 0.2) is 12.1 Å². The van der Waals surface area contributed by atoms with Gasteiger partial charge in [-0.15, -0.1) is 0 Å². The molecule has 1 aromatic rings. The van der Waals surface area contributed by atoms with Crippen LogP contribution in [-0.4, -0.2) is 4.57 Å². The first kappa shape index (κ1) is 9.85. The molecule has 1 rings (SSSR count). The van der Waals surface area contributed by atoms with Crippen molar-refractivity contribution in [3.05, 3.63) is 23.5 Å². The summed E-state index contributed by atoms with van der Waals surface area (Å²) in [6.45, 7) is 5.29. The van der Waals surface area contributed by atoms with Gasteiger partial charge in [0.2, 0.25) is 0 Å². The van der Waals surface area contributed by atoms with Crippen LogP contribution in [0.1, 0.15) is 30.7 Å². The largest absolute Gasteiger partial charge is 0.349 e. The van der Waals surface area contributed by atoms with Crippen LogP contribution < -0.4 is 0 Å². The molecule has 0 bridgehead atoms.